The summed E-state index contributed by atoms with van der Waals surface area (Å²) >= 11 is 0. The fraction of sp³-hybridized carbons (Fsp3) is 0.294. The number of aromatic nitrogens is 3. The normalized spacial score (nSPS) is 12.4. The highest BCUT2D eigenvalue weighted by molar-refractivity contribution is 8.78. The summed E-state index contributed by atoms with van der Waals surface area (Å²) in [6.07, 6.45) is 3.35. The van der Waals surface area contributed by atoms with Crippen LogP contribution < -0.4 is 11.1 Å². The van der Waals surface area contributed by atoms with Gasteiger partial charge in [-0.25, -0.2) is 19.5 Å². The summed E-state index contributed by atoms with van der Waals surface area (Å²) in [5.41, 5.74) is 6.82. The molecule has 0 atom stereocenters. The second kappa shape index (κ2) is 11.4. The van der Waals surface area contributed by atoms with Crippen LogP contribution in [-0.4, -0.2) is 37.3 Å². The number of carbonyl (C=O) groups is 1. The first-order valence-corrected chi connectivity index (χ1v) is 12.4. The van der Waals surface area contributed by atoms with E-state index in [1.165, 1.54) is 21.6 Å². The van der Waals surface area contributed by atoms with Gasteiger partial charge in [-0.2, -0.15) is 0 Å². The van der Waals surface area contributed by atoms with Crippen LogP contribution in [0.3, 0.4) is 0 Å². The number of phosphoric acid groups is 1. The number of nitrogens with two attached hydrogens (primary N) is 1. The topological polar surface area (TPSA) is 161 Å². The quantitative estimate of drug-likeness (QED) is 0.229. The van der Waals surface area contributed by atoms with Crippen LogP contribution in [0.4, 0.5) is 5.82 Å². The third kappa shape index (κ3) is 8.42. The van der Waals surface area contributed by atoms with Gasteiger partial charge in [0, 0.05) is 41.4 Å². The fourth-order valence-electron chi connectivity index (χ4n) is 2.12. The van der Waals surface area contributed by atoms with Gasteiger partial charge in [-0.1, -0.05) is 16.9 Å². The van der Waals surface area contributed by atoms with Crippen molar-refractivity contribution in [2.75, 3.05) is 12.3 Å². The number of nitrogens with zero attached hydrogens (tertiary/aromatic N) is 3. The molecule has 13 heteroatoms. The molecule has 0 saturated heterocycles. The van der Waals surface area contributed by atoms with Crippen molar-refractivity contribution in [2.24, 2.45) is 0 Å². The van der Waals surface area contributed by atoms with Crippen LogP contribution in [0.25, 0.3) is 0 Å². The molecule has 1 amide bonds. The van der Waals surface area contributed by atoms with Crippen LogP contribution in [0.15, 0.2) is 46.1 Å². The van der Waals surface area contributed by atoms with E-state index in [0.717, 1.165) is 5.03 Å². The van der Waals surface area contributed by atoms with Crippen molar-refractivity contribution in [3.63, 3.8) is 0 Å². The molecule has 0 aliphatic heterocycles. The first-order chi connectivity index (χ1) is 14.2. The first-order valence-electron chi connectivity index (χ1n) is 8.67. The third-order valence-electron chi connectivity index (χ3n) is 3.67. The molecule has 2 rings (SSSR count). The van der Waals surface area contributed by atoms with Crippen molar-refractivity contribution < 1.29 is 23.7 Å². The Morgan fingerprint density at radius 2 is 2.10 bits per heavy atom. The zero-order chi connectivity index (χ0) is 22.1. The number of carbonyl (C=O) groups excluding carboxylic acids is 1. The van der Waals surface area contributed by atoms with Crippen molar-refractivity contribution in [3.8, 4) is 0 Å². The van der Waals surface area contributed by atoms with Gasteiger partial charge in [-0.3, -0.25) is 9.32 Å². The Morgan fingerprint density at radius 3 is 2.73 bits per heavy atom. The number of pyridine rings is 1. The van der Waals surface area contributed by atoms with E-state index in [9.17, 15) is 9.36 Å². The molecular weight excluding hydrogens is 449 g/mol. The molecule has 5 N–H and O–H groups in total. The van der Waals surface area contributed by atoms with Gasteiger partial charge in [0.1, 0.15) is 16.7 Å². The first kappa shape index (κ1) is 24.3. The summed E-state index contributed by atoms with van der Waals surface area (Å²) in [6, 6.07) is 5.44. The lowest BCUT2D eigenvalue weighted by Gasteiger charge is -2.13. The molecule has 0 radical (unpaired) electrons. The molecule has 0 bridgehead atoms. The Labute approximate surface area is 181 Å². The Bertz CT molecular complexity index is 955. The molecule has 162 valence electrons. The molecule has 30 heavy (non-hydrogen) atoms. The average molecular weight is 472 g/mol. The van der Waals surface area contributed by atoms with Gasteiger partial charge in [0.2, 0.25) is 5.91 Å². The Balaban J connectivity index is 2.08. The van der Waals surface area contributed by atoms with Gasteiger partial charge < -0.3 is 20.8 Å². The van der Waals surface area contributed by atoms with Crippen LogP contribution in [0, 0.1) is 6.92 Å². The van der Waals surface area contributed by atoms with E-state index in [2.05, 4.69) is 24.8 Å². The predicted octanol–water partition coefficient (Wildman–Crippen LogP) is 2.59. The van der Waals surface area contributed by atoms with E-state index in [1.807, 2.05) is 12.1 Å². The van der Waals surface area contributed by atoms with E-state index in [4.69, 9.17) is 15.5 Å². The molecular formula is C17H22N5O5PS2. The highest BCUT2D eigenvalue weighted by Gasteiger charge is 2.17. The van der Waals surface area contributed by atoms with E-state index < -0.39 is 7.82 Å². The second-order valence-corrected chi connectivity index (χ2v) is 9.45. The van der Waals surface area contributed by atoms with Gasteiger partial charge in [-0.15, -0.1) is 0 Å². The third-order valence-corrected chi connectivity index (χ3v) is 6.76. The van der Waals surface area contributed by atoms with E-state index in [1.54, 1.807) is 32.3 Å². The summed E-state index contributed by atoms with van der Waals surface area (Å²) in [7, 11) is -1.99. The lowest BCUT2D eigenvalue weighted by Crippen LogP contribution is -2.25. The summed E-state index contributed by atoms with van der Waals surface area (Å²) in [5, 5.41) is 3.49. The van der Waals surface area contributed by atoms with Crippen LogP contribution in [-0.2, 0) is 20.4 Å². The molecule has 0 aliphatic carbocycles. The number of phosphoric ester groups is 1. The van der Waals surface area contributed by atoms with Crippen molar-refractivity contribution in [3.05, 3.63) is 52.5 Å². The Hall–Kier alpha value is -1.95. The predicted molar refractivity (Wildman–Crippen MR) is 116 cm³/mol. The number of nitrogen functional groups attached to an aromatic ring is 1. The SMILES string of the molecule is C/C(C(=O)NCc1cnc(C)nc1N)=C(\CCOP(=O)(O)O)SSc1ccccn1. The molecule has 2 heterocycles. The summed E-state index contributed by atoms with van der Waals surface area (Å²) in [6.45, 7) is 3.25. The maximum absolute atomic E-state index is 12.6. The standard InChI is InChI=1S/C17H22N5O5PS2/c1-11(17(23)21-10-13-9-20-12(2)22-16(13)18)14(6-8-27-28(24,25)26)29-30-15-5-3-4-7-19-15/h3-5,7,9H,6,8,10H2,1-2H3,(H,21,23)(H2,18,20,22)(H2,24,25,26)/b14-11-. The van der Waals surface area contributed by atoms with Crippen molar-refractivity contribution >= 4 is 41.1 Å². The van der Waals surface area contributed by atoms with E-state index >= 15 is 0 Å². The molecule has 0 fully saturated rings. The minimum Gasteiger partial charge on any atom is -0.383 e. The van der Waals surface area contributed by atoms with Gasteiger partial charge in [0.25, 0.3) is 0 Å². The van der Waals surface area contributed by atoms with E-state index in [0.29, 0.717) is 27.7 Å². The zero-order valence-corrected chi connectivity index (χ0v) is 18.8. The minimum atomic E-state index is -4.59. The number of aryl methyl sites for hydroxylation is 1. The van der Waals surface area contributed by atoms with Crippen LogP contribution in [0.2, 0.25) is 0 Å². The molecule has 0 aromatic carbocycles. The second-order valence-electron chi connectivity index (χ2n) is 5.97. The number of rotatable bonds is 10. The van der Waals surface area contributed by atoms with Gasteiger partial charge in [0.05, 0.1) is 6.61 Å². The number of amides is 1. The van der Waals surface area contributed by atoms with Crippen molar-refractivity contribution in [2.45, 2.75) is 31.8 Å². The number of nitrogens with one attached hydrogen (secondary N) is 1. The van der Waals surface area contributed by atoms with Gasteiger partial charge in [0.15, 0.2) is 0 Å². The minimum absolute atomic E-state index is 0.143. The zero-order valence-electron chi connectivity index (χ0n) is 16.3. The number of hydrogen-bond donors (Lipinski definition) is 4. The Morgan fingerprint density at radius 1 is 1.33 bits per heavy atom. The summed E-state index contributed by atoms with van der Waals surface area (Å²) in [4.78, 5) is 43.3. The number of hydrogen-bond acceptors (Lipinski definition) is 9. The lowest BCUT2D eigenvalue weighted by molar-refractivity contribution is -0.117. The molecule has 0 spiro atoms. The van der Waals surface area contributed by atoms with Gasteiger partial charge >= 0.3 is 7.82 Å². The molecule has 0 saturated carbocycles. The molecule has 0 aliphatic rings. The summed E-state index contributed by atoms with van der Waals surface area (Å²) < 4.78 is 15.5. The highest BCUT2D eigenvalue weighted by atomic mass is 33.1. The molecule has 0 unspecified atom stereocenters. The monoisotopic (exact) mass is 471 g/mol. The lowest BCUT2D eigenvalue weighted by atomic mass is 10.2. The molecule has 2 aromatic rings. The average Bonchev–Trinajstić information content (AvgIpc) is 2.69. The van der Waals surface area contributed by atoms with Crippen LogP contribution in [0.5, 0.6) is 0 Å². The maximum atomic E-state index is 12.6. The fourth-order valence-corrected chi connectivity index (χ4v) is 4.74. The van der Waals surface area contributed by atoms with Crippen molar-refractivity contribution in [1.29, 1.82) is 0 Å². The number of anilines is 1. The molecule has 2 aromatic heterocycles. The van der Waals surface area contributed by atoms with Crippen molar-refractivity contribution in [1.82, 2.24) is 20.3 Å². The maximum Gasteiger partial charge on any atom is 0.469 e. The molecule has 10 nitrogen and oxygen atoms in total. The smallest absolute Gasteiger partial charge is 0.383 e. The largest absolute Gasteiger partial charge is 0.469 e. The highest BCUT2D eigenvalue weighted by Crippen LogP contribution is 2.41. The summed E-state index contributed by atoms with van der Waals surface area (Å²) in [5.74, 6) is 0.476. The van der Waals surface area contributed by atoms with Gasteiger partial charge in [-0.05, 0) is 36.8 Å². The van der Waals surface area contributed by atoms with Crippen LogP contribution >= 0.6 is 29.4 Å². The van der Waals surface area contributed by atoms with Crippen LogP contribution in [0.1, 0.15) is 24.7 Å². The Kier molecular flexibility index (Phi) is 9.28. The van der Waals surface area contributed by atoms with E-state index in [-0.39, 0.29) is 25.5 Å².